The van der Waals surface area contributed by atoms with Crippen LogP contribution in [0.2, 0.25) is 0 Å². The molecule has 108 valence electrons. The number of ether oxygens (including phenoxy) is 2. The predicted molar refractivity (Wildman–Crippen MR) is 79.1 cm³/mol. The Morgan fingerprint density at radius 1 is 1.29 bits per heavy atom. The van der Waals surface area contributed by atoms with Gasteiger partial charge in [-0.1, -0.05) is 6.07 Å². The van der Waals surface area contributed by atoms with E-state index in [4.69, 9.17) is 9.47 Å². The van der Waals surface area contributed by atoms with Crippen LogP contribution >= 0.6 is 11.5 Å². The van der Waals surface area contributed by atoms with Gasteiger partial charge in [0.2, 0.25) is 0 Å². The molecule has 0 amide bonds. The van der Waals surface area contributed by atoms with E-state index < -0.39 is 0 Å². The number of hydrogen-bond donors (Lipinski definition) is 0. The highest BCUT2D eigenvalue weighted by Gasteiger charge is 2.07. The van der Waals surface area contributed by atoms with E-state index in [1.165, 1.54) is 11.5 Å². The Hall–Kier alpha value is -2.25. The Bertz CT molecular complexity index is 697. The standard InChI is InChI=1S/C14H14N4O2S/c1-19-9-6-13-16-14(21-17-13)20-12-5-2-4-11(10-12)18-8-3-7-15-18/h2-5,7-8,10H,6,9H2,1H3. The topological polar surface area (TPSA) is 62.1 Å². The van der Waals surface area contributed by atoms with Gasteiger partial charge < -0.3 is 9.47 Å². The number of hydrogen-bond acceptors (Lipinski definition) is 6. The third-order valence-electron chi connectivity index (χ3n) is 2.77. The zero-order chi connectivity index (χ0) is 14.5. The molecule has 0 radical (unpaired) electrons. The van der Waals surface area contributed by atoms with Crippen molar-refractivity contribution in [2.75, 3.05) is 13.7 Å². The molecule has 3 aromatic rings. The van der Waals surface area contributed by atoms with Gasteiger partial charge in [0.05, 0.1) is 12.3 Å². The minimum atomic E-state index is 0.527. The Morgan fingerprint density at radius 2 is 2.24 bits per heavy atom. The summed E-state index contributed by atoms with van der Waals surface area (Å²) in [5.41, 5.74) is 0.932. The van der Waals surface area contributed by atoms with Gasteiger partial charge in [-0.25, -0.2) is 4.68 Å². The summed E-state index contributed by atoms with van der Waals surface area (Å²) >= 11 is 1.24. The largest absolute Gasteiger partial charge is 0.430 e. The molecule has 3 rings (SSSR count). The zero-order valence-electron chi connectivity index (χ0n) is 11.5. The van der Waals surface area contributed by atoms with E-state index in [9.17, 15) is 0 Å². The fourth-order valence-corrected chi connectivity index (χ4v) is 2.38. The van der Waals surface area contributed by atoms with E-state index in [1.807, 2.05) is 36.5 Å². The SMILES string of the molecule is COCCc1nsc(Oc2cccc(-n3cccn3)c2)n1. The number of rotatable bonds is 6. The van der Waals surface area contributed by atoms with Crippen molar-refractivity contribution in [2.24, 2.45) is 0 Å². The van der Waals surface area contributed by atoms with Crippen LogP contribution in [0.3, 0.4) is 0 Å². The minimum Gasteiger partial charge on any atom is -0.430 e. The van der Waals surface area contributed by atoms with Gasteiger partial charge in [-0.2, -0.15) is 14.5 Å². The molecule has 7 heteroatoms. The van der Waals surface area contributed by atoms with Gasteiger partial charge in [0.25, 0.3) is 5.19 Å². The smallest absolute Gasteiger partial charge is 0.298 e. The highest BCUT2D eigenvalue weighted by Crippen LogP contribution is 2.25. The van der Waals surface area contributed by atoms with E-state index in [0.29, 0.717) is 24.0 Å². The average Bonchev–Trinajstić information content (AvgIpc) is 3.17. The van der Waals surface area contributed by atoms with Crippen LogP contribution in [0.15, 0.2) is 42.7 Å². The molecule has 0 N–H and O–H groups in total. The first-order valence-corrected chi connectivity index (χ1v) is 7.22. The molecule has 1 aromatic carbocycles. The molecule has 0 bridgehead atoms. The number of nitrogens with zero attached hydrogens (tertiary/aromatic N) is 4. The molecule has 0 spiro atoms. The van der Waals surface area contributed by atoms with Crippen molar-refractivity contribution in [3.05, 3.63) is 48.5 Å². The van der Waals surface area contributed by atoms with Crippen LogP contribution in [0, 0.1) is 0 Å². The summed E-state index contributed by atoms with van der Waals surface area (Å²) in [5.74, 6) is 1.44. The van der Waals surface area contributed by atoms with Gasteiger partial charge >= 0.3 is 0 Å². The molecule has 0 unspecified atom stereocenters. The van der Waals surface area contributed by atoms with Gasteiger partial charge in [-0.05, 0) is 18.2 Å². The normalized spacial score (nSPS) is 10.7. The Labute approximate surface area is 126 Å². The van der Waals surface area contributed by atoms with E-state index in [0.717, 1.165) is 11.5 Å². The molecule has 0 aliphatic carbocycles. The molecule has 0 fully saturated rings. The second-order valence-corrected chi connectivity index (χ2v) is 4.98. The highest BCUT2D eigenvalue weighted by molar-refractivity contribution is 7.07. The monoisotopic (exact) mass is 302 g/mol. The average molecular weight is 302 g/mol. The summed E-state index contributed by atoms with van der Waals surface area (Å²) < 4.78 is 16.8. The Morgan fingerprint density at radius 3 is 3.05 bits per heavy atom. The summed E-state index contributed by atoms with van der Waals surface area (Å²) in [6.45, 7) is 0.602. The van der Waals surface area contributed by atoms with Gasteiger partial charge in [0.15, 0.2) is 0 Å². The van der Waals surface area contributed by atoms with Crippen molar-refractivity contribution in [3.63, 3.8) is 0 Å². The van der Waals surface area contributed by atoms with Crippen molar-refractivity contribution in [1.29, 1.82) is 0 Å². The van der Waals surface area contributed by atoms with Crippen LogP contribution in [0.4, 0.5) is 0 Å². The van der Waals surface area contributed by atoms with Crippen LogP contribution in [-0.2, 0) is 11.2 Å². The van der Waals surface area contributed by atoms with Crippen LogP contribution in [0.5, 0.6) is 10.9 Å². The van der Waals surface area contributed by atoms with Crippen molar-refractivity contribution in [2.45, 2.75) is 6.42 Å². The minimum absolute atomic E-state index is 0.527. The van der Waals surface area contributed by atoms with Crippen molar-refractivity contribution in [3.8, 4) is 16.6 Å². The Kier molecular flexibility index (Phi) is 4.23. The molecule has 0 saturated heterocycles. The quantitative estimate of drug-likeness (QED) is 0.700. The lowest BCUT2D eigenvalue weighted by Gasteiger charge is -2.04. The second kappa shape index (κ2) is 6.47. The lowest BCUT2D eigenvalue weighted by molar-refractivity contribution is 0.200. The van der Waals surface area contributed by atoms with Crippen LogP contribution in [0.25, 0.3) is 5.69 Å². The first-order valence-electron chi connectivity index (χ1n) is 6.44. The molecular weight excluding hydrogens is 288 g/mol. The van der Waals surface area contributed by atoms with Gasteiger partial charge in [-0.15, -0.1) is 0 Å². The van der Waals surface area contributed by atoms with Crippen molar-refractivity contribution < 1.29 is 9.47 Å². The van der Waals surface area contributed by atoms with Gasteiger partial charge in [0.1, 0.15) is 11.6 Å². The summed E-state index contributed by atoms with van der Waals surface area (Å²) in [5, 5.41) is 4.72. The molecule has 0 aliphatic rings. The van der Waals surface area contributed by atoms with Crippen LogP contribution in [0.1, 0.15) is 5.82 Å². The van der Waals surface area contributed by atoms with E-state index in [-0.39, 0.29) is 0 Å². The highest BCUT2D eigenvalue weighted by atomic mass is 32.1. The van der Waals surface area contributed by atoms with Crippen molar-refractivity contribution in [1.82, 2.24) is 19.1 Å². The van der Waals surface area contributed by atoms with Crippen LogP contribution < -0.4 is 4.74 Å². The number of aromatic nitrogens is 4. The molecule has 21 heavy (non-hydrogen) atoms. The van der Waals surface area contributed by atoms with Crippen LogP contribution in [-0.4, -0.2) is 32.9 Å². The lowest BCUT2D eigenvalue weighted by atomic mass is 10.3. The van der Waals surface area contributed by atoms with Gasteiger partial charge in [-0.3, -0.25) is 0 Å². The summed E-state index contributed by atoms with van der Waals surface area (Å²) in [6, 6.07) is 9.54. The van der Waals surface area contributed by atoms with E-state index >= 15 is 0 Å². The van der Waals surface area contributed by atoms with Crippen molar-refractivity contribution >= 4 is 11.5 Å². The molecule has 0 atom stereocenters. The molecule has 2 aromatic heterocycles. The molecular formula is C14H14N4O2S. The maximum atomic E-state index is 5.74. The number of methoxy groups -OCH3 is 1. The zero-order valence-corrected chi connectivity index (χ0v) is 12.3. The first-order chi connectivity index (χ1) is 10.3. The predicted octanol–water partition coefficient (Wildman–Crippen LogP) is 2.71. The first kappa shape index (κ1) is 13.7. The molecule has 6 nitrogen and oxygen atoms in total. The van der Waals surface area contributed by atoms with Gasteiger partial charge in [0, 0.05) is 43.5 Å². The maximum Gasteiger partial charge on any atom is 0.298 e. The fourth-order valence-electron chi connectivity index (χ4n) is 1.79. The summed E-state index contributed by atoms with van der Waals surface area (Å²) in [4.78, 5) is 4.32. The van der Waals surface area contributed by atoms with E-state index in [2.05, 4.69) is 14.5 Å². The third kappa shape index (κ3) is 3.45. The molecule has 2 heterocycles. The second-order valence-electron chi connectivity index (χ2n) is 4.27. The fraction of sp³-hybridized carbons (Fsp3) is 0.214. The van der Waals surface area contributed by atoms with E-state index in [1.54, 1.807) is 18.0 Å². The Balaban J connectivity index is 1.73. The number of benzene rings is 1. The summed E-state index contributed by atoms with van der Waals surface area (Å²) in [7, 11) is 1.66. The molecule has 0 aliphatic heterocycles. The third-order valence-corrected chi connectivity index (χ3v) is 3.40. The molecule has 0 saturated carbocycles. The summed E-state index contributed by atoms with van der Waals surface area (Å²) in [6.07, 6.45) is 4.30. The maximum absolute atomic E-state index is 5.74. The lowest BCUT2D eigenvalue weighted by Crippen LogP contribution is -1.96.